The molecule has 2 aromatic rings. The SMILES string of the molecule is C#CC1(O)c2cc(OC)ccc2CC(N(C)S(=O)(=O)c2ccc(C)cc2)C1(C)C. The van der Waals surface area contributed by atoms with Gasteiger partial charge in [-0.2, -0.15) is 4.31 Å². The maximum atomic E-state index is 13.3. The molecule has 2 aromatic carbocycles. The number of likely N-dealkylation sites (N-methyl/N-ethyl adjacent to an activating group) is 1. The molecule has 0 aliphatic heterocycles. The van der Waals surface area contributed by atoms with Crippen molar-refractivity contribution in [1.82, 2.24) is 4.31 Å². The van der Waals surface area contributed by atoms with Crippen molar-refractivity contribution in [2.45, 2.75) is 43.7 Å². The summed E-state index contributed by atoms with van der Waals surface area (Å²) >= 11 is 0. The maximum absolute atomic E-state index is 13.3. The fraction of sp³-hybridized carbons (Fsp3) is 0.391. The molecule has 29 heavy (non-hydrogen) atoms. The van der Waals surface area contributed by atoms with E-state index in [0.29, 0.717) is 17.7 Å². The number of benzene rings is 2. The van der Waals surface area contributed by atoms with E-state index in [9.17, 15) is 13.5 Å². The molecular weight excluding hydrogens is 386 g/mol. The van der Waals surface area contributed by atoms with Gasteiger partial charge in [-0.05, 0) is 43.2 Å². The molecule has 0 bridgehead atoms. The van der Waals surface area contributed by atoms with Crippen LogP contribution in [0.1, 0.15) is 30.5 Å². The number of hydrogen-bond acceptors (Lipinski definition) is 4. The molecule has 1 N–H and O–H groups in total. The molecule has 3 rings (SSSR count). The van der Waals surface area contributed by atoms with Gasteiger partial charge in [0.1, 0.15) is 5.75 Å². The second-order valence-electron chi connectivity index (χ2n) is 8.15. The third-order valence-electron chi connectivity index (χ3n) is 6.23. The van der Waals surface area contributed by atoms with Crippen molar-refractivity contribution in [3.63, 3.8) is 0 Å². The van der Waals surface area contributed by atoms with E-state index in [0.717, 1.165) is 11.1 Å². The molecule has 6 heteroatoms. The lowest BCUT2D eigenvalue weighted by Gasteiger charge is -2.51. The Morgan fingerprint density at radius 1 is 1.21 bits per heavy atom. The highest BCUT2D eigenvalue weighted by atomic mass is 32.2. The van der Waals surface area contributed by atoms with Crippen LogP contribution in [0.5, 0.6) is 5.75 Å². The van der Waals surface area contributed by atoms with Crippen LogP contribution < -0.4 is 4.74 Å². The lowest BCUT2D eigenvalue weighted by molar-refractivity contribution is -0.0655. The normalized spacial score (nSPS) is 23.3. The van der Waals surface area contributed by atoms with Crippen molar-refractivity contribution in [2.24, 2.45) is 5.41 Å². The largest absolute Gasteiger partial charge is 0.497 e. The Kier molecular flexibility index (Phi) is 5.29. The van der Waals surface area contributed by atoms with Gasteiger partial charge >= 0.3 is 0 Å². The van der Waals surface area contributed by atoms with Crippen LogP contribution in [0.2, 0.25) is 0 Å². The van der Waals surface area contributed by atoms with E-state index < -0.39 is 27.1 Å². The van der Waals surface area contributed by atoms with Crippen LogP contribution in [-0.2, 0) is 22.0 Å². The van der Waals surface area contributed by atoms with Crippen LogP contribution in [0.15, 0.2) is 47.4 Å². The predicted octanol–water partition coefficient (Wildman–Crippen LogP) is 3.10. The minimum absolute atomic E-state index is 0.214. The van der Waals surface area contributed by atoms with Gasteiger partial charge < -0.3 is 9.84 Å². The zero-order valence-corrected chi connectivity index (χ0v) is 18.2. The molecule has 0 saturated carbocycles. The van der Waals surface area contributed by atoms with Crippen molar-refractivity contribution in [2.75, 3.05) is 14.2 Å². The third kappa shape index (κ3) is 3.24. The van der Waals surface area contributed by atoms with Gasteiger partial charge in [0.25, 0.3) is 0 Å². The molecule has 0 saturated heterocycles. The standard InChI is InChI=1S/C23H27NO4S/c1-7-23(25)20-15-18(28-6)11-10-17(20)14-21(22(23,3)4)24(5)29(26,27)19-12-8-16(2)9-13-19/h1,8-13,15,21,25H,14H2,2-6H3. The summed E-state index contributed by atoms with van der Waals surface area (Å²) in [6.45, 7) is 5.52. The fourth-order valence-corrected chi connectivity index (χ4v) is 5.63. The highest BCUT2D eigenvalue weighted by molar-refractivity contribution is 7.89. The van der Waals surface area contributed by atoms with Crippen molar-refractivity contribution in [3.8, 4) is 18.1 Å². The maximum Gasteiger partial charge on any atom is 0.243 e. The zero-order chi connectivity index (χ0) is 21.6. The molecule has 1 aliphatic carbocycles. The molecule has 5 nitrogen and oxygen atoms in total. The minimum Gasteiger partial charge on any atom is -0.497 e. The molecule has 2 atom stereocenters. The zero-order valence-electron chi connectivity index (χ0n) is 17.4. The van der Waals surface area contributed by atoms with E-state index in [-0.39, 0.29) is 4.90 Å². The van der Waals surface area contributed by atoms with E-state index in [2.05, 4.69) is 5.92 Å². The fourth-order valence-electron chi connectivity index (χ4n) is 4.14. The van der Waals surface area contributed by atoms with Gasteiger partial charge in [0.15, 0.2) is 5.60 Å². The Bertz CT molecular complexity index is 1070. The number of rotatable bonds is 4. The highest BCUT2D eigenvalue weighted by Crippen LogP contribution is 2.51. The number of fused-ring (bicyclic) bond motifs is 1. The molecular formula is C23H27NO4S. The molecule has 154 valence electrons. The first-order valence-electron chi connectivity index (χ1n) is 9.41. The molecule has 0 spiro atoms. The monoisotopic (exact) mass is 413 g/mol. The minimum atomic E-state index is -3.77. The smallest absolute Gasteiger partial charge is 0.243 e. The average molecular weight is 414 g/mol. The number of aryl methyl sites for hydroxylation is 1. The second kappa shape index (κ2) is 7.17. The molecule has 0 aromatic heterocycles. The topological polar surface area (TPSA) is 66.8 Å². The Morgan fingerprint density at radius 2 is 1.83 bits per heavy atom. The first-order chi connectivity index (χ1) is 13.5. The highest BCUT2D eigenvalue weighted by Gasteiger charge is 2.55. The van der Waals surface area contributed by atoms with Gasteiger partial charge in [-0.25, -0.2) is 8.42 Å². The molecule has 0 amide bonds. The molecule has 0 fully saturated rings. The van der Waals surface area contributed by atoms with E-state index in [1.54, 1.807) is 64.4 Å². The summed E-state index contributed by atoms with van der Waals surface area (Å²) in [5.41, 5.74) is -0.234. The summed E-state index contributed by atoms with van der Waals surface area (Å²) in [4.78, 5) is 0.214. The van der Waals surface area contributed by atoms with Crippen molar-refractivity contribution in [3.05, 3.63) is 59.2 Å². The number of sulfonamides is 1. The number of methoxy groups -OCH3 is 1. The summed E-state index contributed by atoms with van der Waals surface area (Å²) in [7, 11) is -0.672. The lowest BCUT2D eigenvalue weighted by Crippen LogP contribution is -2.59. The average Bonchev–Trinajstić information content (AvgIpc) is 2.70. The Hall–Kier alpha value is -2.33. The summed E-state index contributed by atoms with van der Waals surface area (Å²) in [5, 5.41) is 11.6. The Labute approximate surface area is 173 Å². The van der Waals surface area contributed by atoms with Crippen LogP contribution in [0.4, 0.5) is 0 Å². The summed E-state index contributed by atoms with van der Waals surface area (Å²) in [6.07, 6.45) is 6.24. The predicted molar refractivity (Wildman–Crippen MR) is 113 cm³/mol. The Morgan fingerprint density at radius 3 is 2.38 bits per heavy atom. The van der Waals surface area contributed by atoms with Crippen LogP contribution >= 0.6 is 0 Å². The van der Waals surface area contributed by atoms with Crippen molar-refractivity contribution >= 4 is 10.0 Å². The summed E-state index contributed by atoms with van der Waals surface area (Å²) in [5.74, 6) is 3.13. The lowest BCUT2D eigenvalue weighted by atomic mass is 9.60. The van der Waals surface area contributed by atoms with Crippen LogP contribution in [-0.4, -0.2) is 38.0 Å². The van der Waals surface area contributed by atoms with Gasteiger partial charge in [-0.1, -0.05) is 43.5 Å². The molecule has 1 aliphatic rings. The van der Waals surface area contributed by atoms with Gasteiger partial charge in [-0.15, -0.1) is 6.42 Å². The van der Waals surface area contributed by atoms with Crippen molar-refractivity contribution < 1.29 is 18.3 Å². The quantitative estimate of drug-likeness (QED) is 0.783. The third-order valence-corrected chi connectivity index (χ3v) is 8.11. The van der Waals surface area contributed by atoms with Crippen molar-refractivity contribution in [1.29, 1.82) is 0 Å². The number of nitrogens with zero attached hydrogens (tertiary/aromatic N) is 1. The Balaban J connectivity index is 2.12. The van der Waals surface area contributed by atoms with E-state index in [1.807, 2.05) is 13.0 Å². The van der Waals surface area contributed by atoms with Gasteiger partial charge in [0.2, 0.25) is 10.0 Å². The number of hydrogen-bond donors (Lipinski definition) is 1. The first-order valence-corrected chi connectivity index (χ1v) is 10.9. The van der Waals surface area contributed by atoms with Gasteiger partial charge in [0.05, 0.1) is 12.0 Å². The second-order valence-corrected chi connectivity index (χ2v) is 10.2. The summed E-state index contributed by atoms with van der Waals surface area (Å²) < 4.78 is 33.3. The number of terminal acetylenes is 1. The van der Waals surface area contributed by atoms with E-state index in [4.69, 9.17) is 11.2 Å². The molecule has 0 radical (unpaired) electrons. The molecule has 2 unspecified atom stereocenters. The van der Waals surface area contributed by atoms with Crippen LogP contribution in [0, 0.1) is 24.7 Å². The van der Waals surface area contributed by atoms with Gasteiger partial charge in [0, 0.05) is 24.1 Å². The number of ether oxygens (including phenoxy) is 1. The van der Waals surface area contributed by atoms with E-state index >= 15 is 0 Å². The van der Waals surface area contributed by atoms with Crippen LogP contribution in [0.25, 0.3) is 0 Å². The number of aliphatic hydroxyl groups is 1. The van der Waals surface area contributed by atoms with Crippen LogP contribution in [0.3, 0.4) is 0 Å². The van der Waals surface area contributed by atoms with E-state index in [1.165, 1.54) is 4.31 Å². The molecule has 0 heterocycles. The first kappa shape index (κ1) is 21.4. The summed E-state index contributed by atoms with van der Waals surface area (Å²) in [6, 6.07) is 11.6. The van der Waals surface area contributed by atoms with Gasteiger partial charge in [-0.3, -0.25) is 0 Å².